The fourth-order valence-electron chi connectivity index (χ4n) is 0. The molecule has 0 aromatic heterocycles. The summed E-state index contributed by atoms with van der Waals surface area (Å²) in [6, 6.07) is 0. The Balaban J connectivity index is 0. The van der Waals surface area contributed by atoms with Crippen molar-refractivity contribution in [3.8, 4) is 0 Å². The topological polar surface area (TPSA) is 35.0 Å². The first-order valence-electron chi connectivity index (χ1n) is 0. The van der Waals surface area contributed by atoms with Crippen molar-refractivity contribution >= 4 is 12.4 Å². The van der Waals surface area contributed by atoms with E-state index in [9.17, 15) is 0 Å². The molecular weight excluding hydrogens is 191 g/mol. The van der Waals surface area contributed by atoms with Crippen LogP contribution in [0.5, 0.6) is 0 Å². The summed E-state index contributed by atoms with van der Waals surface area (Å²) in [5.74, 6) is 0. The summed E-state index contributed by atoms with van der Waals surface area (Å²) in [5, 5.41) is 0. The molecule has 1 nitrogen and oxygen atoms in total. The Labute approximate surface area is 51.6 Å². The SMILES string of the molecule is Cl.N.[Cl-].[Pd+2]. The van der Waals surface area contributed by atoms with Crippen molar-refractivity contribution in [1.29, 1.82) is 0 Å². The van der Waals surface area contributed by atoms with Crippen LogP contribution in [0.1, 0.15) is 0 Å². The molecule has 0 rings (SSSR count). The van der Waals surface area contributed by atoms with Gasteiger partial charge in [-0.2, -0.15) is 0 Å². The van der Waals surface area contributed by atoms with E-state index in [1.165, 1.54) is 0 Å². The maximum atomic E-state index is 0. The largest absolute Gasteiger partial charge is 2.00 e. The van der Waals surface area contributed by atoms with Crippen LogP contribution in [0.2, 0.25) is 0 Å². The number of halogens is 2. The number of rotatable bonds is 0. The van der Waals surface area contributed by atoms with E-state index in [1.54, 1.807) is 0 Å². The fraction of sp³-hybridized carbons (Fsp3) is 0. The van der Waals surface area contributed by atoms with Gasteiger partial charge in [0, 0.05) is 0 Å². The maximum Gasteiger partial charge on any atom is 2.00 e. The maximum absolute atomic E-state index is 0. The van der Waals surface area contributed by atoms with Crippen LogP contribution >= 0.6 is 12.4 Å². The first kappa shape index (κ1) is 63.6. The third-order valence-corrected chi connectivity index (χ3v) is 0. The average Bonchev–Trinajstić information content (AvgIpc) is 0. The van der Waals surface area contributed by atoms with Gasteiger partial charge < -0.3 is 18.6 Å². The minimum absolute atomic E-state index is 0. The Bertz CT molecular complexity index is 6.00. The molecule has 0 saturated carbocycles. The van der Waals surface area contributed by atoms with Crippen molar-refractivity contribution in [2.45, 2.75) is 0 Å². The van der Waals surface area contributed by atoms with Gasteiger partial charge in [0.1, 0.15) is 0 Å². The summed E-state index contributed by atoms with van der Waals surface area (Å²) < 4.78 is 0. The molecule has 4 heavy (non-hydrogen) atoms. The van der Waals surface area contributed by atoms with Crippen molar-refractivity contribution in [1.82, 2.24) is 6.15 Å². The van der Waals surface area contributed by atoms with E-state index in [2.05, 4.69) is 0 Å². The van der Waals surface area contributed by atoms with Crippen LogP contribution < -0.4 is 18.6 Å². The third kappa shape index (κ3) is 10.7. The van der Waals surface area contributed by atoms with Crippen LogP contribution in [0.25, 0.3) is 0 Å². The van der Waals surface area contributed by atoms with Gasteiger partial charge >= 0.3 is 20.4 Å². The molecule has 3 N–H and O–H groups in total. The van der Waals surface area contributed by atoms with Gasteiger partial charge in [-0.1, -0.05) is 0 Å². The fourth-order valence-corrected chi connectivity index (χ4v) is 0. The molecule has 0 atom stereocenters. The molecule has 0 bridgehead atoms. The molecular formula is H4Cl2NPd+. The Morgan fingerprint density at radius 2 is 1.00 bits per heavy atom. The first-order chi connectivity index (χ1) is 0. The molecule has 4 heteroatoms. The van der Waals surface area contributed by atoms with Gasteiger partial charge in [0.05, 0.1) is 0 Å². The molecule has 0 heterocycles. The van der Waals surface area contributed by atoms with Crippen LogP contribution in [-0.2, 0) is 20.4 Å². The number of hydrogen-bond acceptors (Lipinski definition) is 1. The second kappa shape index (κ2) is 29.8. The van der Waals surface area contributed by atoms with E-state index in [4.69, 9.17) is 0 Å². The summed E-state index contributed by atoms with van der Waals surface area (Å²) in [5.41, 5.74) is 0. The van der Waals surface area contributed by atoms with E-state index in [0.29, 0.717) is 0 Å². The zero-order chi connectivity index (χ0) is 0. The monoisotopic (exact) mass is 194 g/mol. The molecule has 0 aliphatic carbocycles. The van der Waals surface area contributed by atoms with Crippen LogP contribution in [0.4, 0.5) is 0 Å². The molecule has 0 aromatic carbocycles. The summed E-state index contributed by atoms with van der Waals surface area (Å²) in [4.78, 5) is 0. The first-order valence-corrected chi connectivity index (χ1v) is 0. The smallest absolute Gasteiger partial charge is 1.00 e. The zero-order valence-electron chi connectivity index (χ0n) is 1.81. The molecule has 0 aliphatic heterocycles. The minimum Gasteiger partial charge on any atom is -1.00 e. The predicted molar refractivity (Wildman–Crippen MR) is 12.3 cm³/mol. The molecule has 0 saturated heterocycles. The molecule has 0 amide bonds. The van der Waals surface area contributed by atoms with Crippen LogP contribution in [0.15, 0.2) is 0 Å². The Morgan fingerprint density at radius 1 is 1.00 bits per heavy atom. The summed E-state index contributed by atoms with van der Waals surface area (Å²) in [6.45, 7) is 0. The van der Waals surface area contributed by atoms with Crippen LogP contribution in [0.3, 0.4) is 0 Å². The van der Waals surface area contributed by atoms with Crippen molar-refractivity contribution in [3.05, 3.63) is 0 Å². The quantitative estimate of drug-likeness (QED) is 0.429. The van der Waals surface area contributed by atoms with Crippen molar-refractivity contribution < 1.29 is 32.8 Å². The van der Waals surface area contributed by atoms with E-state index in [-0.39, 0.29) is 51.4 Å². The van der Waals surface area contributed by atoms with Gasteiger partial charge in [0.15, 0.2) is 0 Å². The summed E-state index contributed by atoms with van der Waals surface area (Å²) in [6.07, 6.45) is 0. The van der Waals surface area contributed by atoms with Gasteiger partial charge in [-0.25, -0.2) is 0 Å². The van der Waals surface area contributed by atoms with E-state index in [0.717, 1.165) is 0 Å². The second-order valence-corrected chi connectivity index (χ2v) is 0. The molecule has 0 spiro atoms. The molecule has 0 aliphatic rings. The van der Waals surface area contributed by atoms with Gasteiger partial charge in [-0.15, -0.1) is 12.4 Å². The van der Waals surface area contributed by atoms with Gasteiger partial charge in [0.2, 0.25) is 0 Å². The van der Waals surface area contributed by atoms with Crippen LogP contribution in [0, 0.1) is 0 Å². The molecule has 32 valence electrons. The second-order valence-electron chi connectivity index (χ2n) is 0. The van der Waals surface area contributed by atoms with Crippen molar-refractivity contribution in [3.63, 3.8) is 0 Å². The van der Waals surface area contributed by atoms with Gasteiger partial charge in [-0.3, -0.25) is 0 Å². The molecule has 0 radical (unpaired) electrons. The standard InChI is InChI=1S/2ClH.H3N.Pd/h2*1H;1H3;/q;;;+2/p-1. The Morgan fingerprint density at radius 3 is 1.00 bits per heavy atom. The van der Waals surface area contributed by atoms with Crippen LogP contribution in [-0.4, -0.2) is 0 Å². The van der Waals surface area contributed by atoms with Crippen molar-refractivity contribution in [2.75, 3.05) is 0 Å². The molecule has 0 unspecified atom stereocenters. The minimum atomic E-state index is 0. The number of hydrogen-bond donors (Lipinski definition) is 1. The molecule has 0 aromatic rings. The zero-order valence-corrected chi connectivity index (χ0v) is 4.94. The third-order valence-electron chi connectivity index (χ3n) is 0. The van der Waals surface area contributed by atoms with E-state index >= 15 is 0 Å². The molecule has 0 fully saturated rings. The predicted octanol–water partition coefficient (Wildman–Crippen LogP) is -2.41. The van der Waals surface area contributed by atoms with Crippen molar-refractivity contribution in [2.24, 2.45) is 0 Å². The normalized spacial score (nSPS) is 0. The van der Waals surface area contributed by atoms with E-state index in [1.807, 2.05) is 0 Å². The van der Waals surface area contributed by atoms with E-state index < -0.39 is 0 Å². The summed E-state index contributed by atoms with van der Waals surface area (Å²) >= 11 is 0. The van der Waals surface area contributed by atoms with Gasteiger partial charge in [0.25, 0.3) is 0 Å². The summed E-state index contributed by atoms with van der Waals surface area (Å²) in [7, 11) is 0. The average molecular weight is 195 g/mol. The van der Waals surface area contributed by atoms with Gasteiger partial charge in [-0.05, 0) is 0 Å². The Hall–Kier alpha value is 1.20. The Kier molecular flexibility index (Phi) is 474.